The van der Waals surface area contributed by atoms with E-state index >= 15 is 0 Å². The van der Waals surface area contributed by atoms with Crippen LogP contribution in [0.2, 0.25) is 0 Å². The molecule has 1 aromatic rings. The zero-order valence-electron chi connectivity index (χ0n) is 12.9. The lowest BCUT2D eigenvalue weighted by Crippen LogP contribution is -2.48. The minimum atomic E-state index is -3.02. The van der Waals surface area contributed by atoms with Gasteiger partial charge in [0.25, 0.3) is 0 Å². The van der Waals surface area contributed by atoms with Crippen LogP contribution in [-0.4, -0.2) is 43.6 Å². The Morgan fingerprint density at radius 3 is 2.87 bits per heavy atom. The maximum absolute atomic E-state index is 12.0. The van der Waals surface area contributed by atoms with Gasteiger partial charge in [-0.1, -0.05) is 24.3 Å². The molecule has 0 radical (unpaired) electrons. The van der Waals surface area contributed by atoms with Gasteiger partial charge >= 0.3 is 6.03 Å². The number of benzene rings is 1. The summed E-state index contributed by atoms with van der Waals surface area (Å²) in [6, 6.07) is 6.97. The third kappa shape index (κ3) is 3.67. The van der Waals surface area contributed by atoms with Gasteiger partial charge in [0, 0.05) is 6.04 Å². The van der Waals surface area contributed by atoms with Crippen molar-refractivity contribution in [3.8, 4) is 0 Å². The van der Waals surface area contributed by atoms with Crippen LogP contribution in [-0.2, 0) is 21.9 Å². The molecule has 3 rings (SSSR count). The predicted molar refractivity (Wildman–Crippen MR) is 86.9 cm³/mol. The molecule has 0 bridgehead atoms. The van der Waals surface area contributed by atoms with E-state index in [-0.39, 0.29) is 24.1 Å². The van der Waals surface area contributed by atoms with Gasteiger partial charge < -0.3 is 15.7 Å². The lowest BCUT2D eigenvalue weighted by molar-refractivity contribution is 0.0216. The highest BCUT2D eigenvalue weighted by molar-refractivity contribution is 7.91. The topological polar surface area (TPSA) is 95.5 Å². The van der Waals surface area contributed by atoms with Crippen LogP contribution >= 0.6 is 0 Å². The number of aliphatic hydroxyl groups is 1. The van der Waals surface area contributed by atoms with Gasteiger partial charge in [-0.25, -0.2) is 13.2 Å². The van der Waals surface area contributed by atoms with Crippen molar-refractivity contribution in [2.45, 2.75) is 37.3 Å². The highest BCUT2D eigenvalue weighted by Crippen LogP contribution is 2.34. The van der Waals surface area contributed by atoms with Crippen molar-refractivity contribution < 1.29 is 18.3 Å². The molecule has 1 aromatic carbocycles. The van der Waals surface area contributed by atoms with Crippen molar-refractivity contribution in [2.75, 3.05) is 18.1 Å². The highest BCUT2D eigenvalue weighted by Gasteiger charge is 2.35. The molecule has 0 aromatic heterocycles. The van der Waals surface area contributed by atoms with Gasteiger partial charge in [-0.2, -0.15) is 0 Å². The van der Waals surface area contributed by atoms with Gasteiger partial charge in [-0.15, -0.1) is 0 Å². The smallest absolute Gasteiger partial charge is 0.315 e. The average molecular weight is 338 g/mol. The third-order valence-corrected chi connectivity index (χ3v) is 6.43. The lowest BCUT2D eigenvalue weighted by atomic mass is 9.79. The third-order valence-electron chi connectivity index (χ3n) is 4.66. The minimum absolute atomic E-state index is 0.00643. The predicted octanol–water partition coefficient (Wildman–Crippen LogP) is 0.697. The molecule has 1 aliphatic carbocycles. The van der Waals surface area contributed by atoms with Crippen molar-refractivity contribution >= 4 is 15.9 Å². The molecule has 1 aliphatic heterocycles. The normalized spacial score (nSPS) is 28.8. The van der Waals surface area contributed by atoms with E-state index in [0.717, 1.165) is 24.0 Å². The molecule has 1 fully saturated rings. The number of carbonyl (C=O) groups is 1. The fourth-order valence-electron chi connectivity index (χ4n) is 3.45. The van der Waals surface area contributed by atoms with Crippen LogP contribution in [0.15, 0.2) is 24.3 Å². The van der Waals surface area contributed by atoms with Crippen LogP contribution in [0.3, 0.4) is 0 Å². The van der Waals surface area contributed by atoms with E-state index < -0.39 is 21.5 Å². The molecule has 2 atom stereocenters. The van der Waals surface area contributed by atoms with Crippen LogP contribution in [0, 0.1) is 0 Å². The zero-order chi connectivity index (χ0) is 16.5. The molecular weight excluding hydrogens is 316 g/mol. The summed E-state index contributed by atoms with van der Waals surface area (Å²) >= 11 is 0. The summed E-state index contributed by atoms with van der Waals surface area (Å²) in [6.07, 6.45) is 2.85. The van der Waals surface area contributed by atoms with Gasteiger partial charge in [0.05, 0.1) is 18.1 Å². The quantitative estimate of drug-likeness (QED) is 0.756. The van der Waals surface area contributed by atoms with E-state index in [1.165, 1.54) is 0 Å². The molecule has 3 N–H and O–H groups in total. The number of amides is 2. The van der Waals surface area contributed by atoms with Gasteiger partial charge in [0.2, 0.25) is 0 Å². The fourth-order valence-corrected chi connectivity index (χ4v) is 5.13. The summed E-state index contributed by atoms with van der Waals surface area (Å²) in [7, 11) is -3.02. The number of rotatable bonds is 3. The van der Waals surface area contributed by atoms with Gasteiger partial charge in [-0.05, 0) is 36.8 Å². The number of hydrogen-bond acceptors (Lipinski definition) is 4. The average Bonchev–Trinajstić information content (AvgIpc) is 2.85. The van der Waals surface area contributed by atoms with E-state index in [9.17, 15) is 18.3 Å². The molecule has 2 amide bonds. The van der Waals surface area contributed by atoms with Gasteiger partial charge in [0.1, 0.15) is 5.60 Å². The van der Waals surface area contributed by atoms with Crippen LogP contribution in [0.5, 0.6) is 0 Å². The molecule has 1 saturated heterocycles. The SMILES string of the molecule is O=C(NC[C@]1(O)CCCc2ccccc21)N[C@@H]1CCS(=O)(=O)C1. The van der Waals surface area contributed by atoms with Crippen LogP contribution in [0.1, 0.15) is 30.4 Å². The maximum atomic E-state index is 12.0. The van der Waals surface area contributed by atoms with E-state index in [1.54, 1.807) is 0 Å². The molecule has 6 nitrogen and oxygen atoms in total. The molecule has 126 valence electrons. The van der Waals surface area contributed by atoms with Crippen molar-refractivity contribution in [1.82, 2.24) is 10.6 Å². The summed E-state index contributed by atoms with van der Waals surface area (Å²) in [5.74, 6) is 0.114. The number of nitrogens with one attached hydrogen (secondary N) is 2. The van der Waals surface area contributed by atoms with E-state index in [2.05, 4.69) is 10.6 Å². The largest absolute Gasteiger partial charge is 0.383 e. The summed E-state index contributed by atoms with van der Waals surface area (Å²) in [6.45, 7) is 0.120. The van der Waals surface area contributed by atoms with Gasteiger partial charge in [-0.3, -0.25) is 0 Å². The first-order valence-electron chi connectivity index (χ1n) is 7.94. The van der Waals surface area contributed by atoms with Crippen molar-refractivity contribution in [3.63, 3.8) is 0 Å². The first kappa shape index (κ1) is 16.3. The molecule has 7 heteroatoms. The van der Waals surface area contributed by atoms with Crippen LogP contribution in [0.4, 0.5) is 4.79 Å². The Labute approximate surface area is 136 Å². The maximum Gasteiger partial charge on any atom is 0.315 e. The van der Waals surface area contributed by atoms with Crippen molar-refractivity contribution in [1.29, 1.82) is 0 Å². The first-order chi connectivity index (χ1) is 10.9. The number of sulfone groups is 1. The summed E-state index contributed by atoms with van der Waals surface area (Å²) < 4.78 is 22.8. The van der Waals surface area contributed by atoms with E-state index in [0.29, 0.717) is 12.8 Å². The highest BCUT2D eigenvalue weighted by atomic mass is 32.2. The van der Waals surface area contributed by atoms with Crippen LogP contribution < -0.4 is 10.6 Å². The number of aryl methyl sites for hydroxylation is 1. The number of carbonyl (C=O) groups excluding carboxylic acids is 1. The van der Waals surface area contributed by atoms with E-state index in [4.69, 9.17) is 0 Å². The van der Waals surface area contributed by atoms with E-state index in [1.807, 2.05) is 24.3 Å². The second kappa shape index (κ2) is 6.13. The second-order valence-electron chi connectivity index (χ2n) is 6.47. The van der Waals surface area contributed by atoms with Crippen LogP contribution in [0.25, 0.3) is 0 Å². The number of fused-ring (bicyclic) bond motifs is 1. The molecule has 1 heterocycles. The Morgan fingerprint density at radius 2 is 2.13 bits per heavy atom. The number of hydrogen-bond donors (Lipinski definition) is 3. The lowest BCUT2D eigenvalue weighted by Gasteiger charge is -2.34. The Hall–Kier alpha value is -1.60. The summed E-state index contributed by atoms with van der Waals surface area (Å²) in [5, 5.41) is 16.2. The second-order valence-corrected chi connectivity index (χ2v) is 8.70. The van der Waals surface area contributed by atoms with Crippen molar-refractivity contribution in [3.05, 3.63) is 35.4 Å². The summed E-state index contributed by atoms with van der Waals surface area (Å²) in [5.41, 5.74) is 0.925. The first-order valence-corrected chi connectivity index (χ1v) is 9.76. The monoisotopic (exact) mass is 338 g/mol. The Morgan fingerprint density at radius 1 is 1.35 bits per heavy atom. The fraction of sp³-hybridized carbons (Fsp3) is 0.562. The molecule has 23 heavy (non-hydrogen) atoms. The molecular formula is C16H22N2O4S. The van der Waals surface area contributed by atoms with Crippen molar-refractivity contribution in [2.24, 2.45) is 0 Å². The van der Waals surface area contributed by atoms with Gasteiger partial charge in [0.15, 0.2) is 9.84 Å². The molecule has 2 aliphatic rings. The summed E-state index contributed by atoms with van der Waals surface area (Å²) in [4.78, 5) is 12.0. The molecule has 0 spiro atoms. The zero-order valence-corrected chi connectivity index (χ0v) is 13.7. The molecule has 0 saturated carbocycles. The molecule has 0 unspecified atom stereocenters. The minimum Gasteiger partial charge on any atom is -0.383 e. The Kier molecular flexibility index (Phi) is 4.33. The Bertz CT molecular complexity index is 704. The Balaban J connectivity index is 1.59. The standard InChI is InChI=1S/C16H22N2O4S/c19-15(18-13-7-9-23(21,22)10-13)17-11-16(20)8-3-5-12-4-1-2-6-14(12)16/h1-2,4,6,13,20H,3,5,7-11H2,(H2,17,18,19)/t13-,16-/m1/s1. The number of urea groups is 1.